The molecular formula is C24H29N3O6S. The van der Waals surface area contributed by atoms with Gasteiger partial charge < -0.3 is 23.7 Å². The van der Waals surface area contributed by atoms with Gasteiger partial charge in [0.05, 0.1) is 24.8 Å². The van der Waals surface area contributed by atoms with Crippen molar-refractivity contribution in [2.75, 3.05) is 44.5 Å². The molecule has 0 radical (unpaired) electrons. The van der Waals surface area contributed by atoms with Crippen LogP contribution in [-0.2, 0) is 32.6 Å². The highest BCUT2D eigenvalue weighted by Gasteiger charge is 2.20. The van der Waals surface area contributed by atoms with Gasteiger partial charge in [-0.25, -0.2) is 8.42 Å². The van der Waals surface area contributed by atoms with Crippen LogP contribution < -0.4 is 14.4 Å². The van der Waals surface area contributed by atoms with Crippen molar-refractivity contribution in [3.63, 3.8) is 0 Å². The van der Waals surface area contributed by atoms with E-state index in [0.717, 1.165) is 11.3 Å². The summed E-state index contributed by atoms with van der Waals surface area (Å²) in [6, 6.07) is 14.9. The zero-order valence-electron chi connectivity index (χ0n) is 19.6. The maximum absolute atomic E-state index is 12.9. The number of sulfonamides is 1. The second-order valence-corrected chi connectivity index (χ2v) is 9.46. The Kier molecular flexibility index (Phi) is 8.19. The van der Waals surface area contributed by atoms with Gasteiger partial charge in [0.1, 0.15) is 18.1 Å². The van der Waals surface area contributed by atoms with Gasteiger partial charge in [-0.2, -0.15) is 0 Å². The number of nitrogens with one attached hydrogen (secondary N) is 1. The summed E-state index contributed by atoms with van der Waals surface area (Å²) >= 11 is 0. The third kappa shape index (κ3) is 6.30. The molecule has 0 spiro atoms. The van der Waals surface area contributed by atoms with Crippen molar-refractivity contribution in [3.05, 3.63) is 72.2 Å². The number of anilines is 2. The standard InChI is InChI=1S/C24H29N3O6S/c1-26(2)23-12-7-19(25-34(29,30)22-10-8-20(32-4)9-11-22)14-18(23)15-27(24(28)17-31-3)16-21-6-5-13-33-21/h5-14,25H,15-17H2,1-4H3. The summed E-state index contributed by atoms with van der Waals surface area (Å²) in [6.45, 7) is 0.403. The number of carbonyl (C=O) groups excluding carboxylic acids is 1. The van der Waals surface area contributed by atoms with Crippen LogP contribution in [0.3, 0.4) is 0 Å². The third-order valence-corrected chi connectivity index (χ3v) is 6.49. The van der Waals surface area contributed by atoms with Crippen LogP contribution in [0.5, 0.6) is 5.75 Å². The van der Waals surface area contributed by atoms with Crippen LogP contribution >= 0.6 is 0 Å². The molecule has 0 saturated carbocycles. The van der Waals surface area contributed by atoms with E-state index in [1.807, 2.05) is 25.1 Å². The molecule has 0 bridgehead atoms. The first kappa shape index (κ1) is 25.1. The lowest BCUT2D eigenvalue weighted by Gasteiger charge is -2.25. The van der Waals surface area contributed by atoms with Gasteiger partial charge in [-0.05, 0) is 60.2 Å². The molecule has 1 heterocycles. The van der Waals surface area contributed by atoms with E-state index < -0.39 is 10.0 Å². The monoisotopic (exact) mass is 487 g/mol. The number of methoxy groups -OCH3 is 2. The molecule has 0 saturated heterocycles. The molecule has 0 aliphatic carbocycles. The molecule has 3 rings (SSSR count). The van der Waals surface area contributed by atoms with E-state index in [9.17, 15) is 13.2 Å². The highest BCUT2D eigenvalue weighted by atomic mass is 32.2. The summed E-state index contributed by atoms with van der Waals surface area (Å²) in [7, 11) is 2.93. The van der Waals surface area contributed by atoms with E-state index in [1.54, 1.807) is 47.6 Å². The van der Waals surface area contributed by atoms with Gasteiger partial charge in [-0.15, -0.1) is 0 Å². The molecule has 0 unspecified atom stereocenters. The van der Waals surface area contributed by atoms with Crippen LogP contribution in [0.25, 0.3) is 0 Å². The number of carbonyl (C=O) groups is 1. The van der Waals surface area contributed by atoms with E-state index in [2.05, 4.69) is 4.72 Å². The molecule has 0 aliphatic heterocycles. The average molecular weight is 488 g/mol. The number of ether oxygens (including phenoxy) is 2. The van der Waals surface area contributed by atoms with E-state index in [4.69, 9.17) is 13.9 Å². The Morgan fingerprint density at radius 3 is 2.35 bits per heavy atom. The Hall–Kier alpha value is -3.50. The first-order chi connectivity index (χ1) is 16.2. The number of nitrogens with zero attached hydrogens (tertiary/aromatic N) is 2. The minimum atomic E-state index is -3.82. The third-order valence-electron chi connectivity index (χ3n) is 5.09. The van der Waals surface area contributed by atoms with E-state index in [-0.39, 0.29) is 30.5 Å². The Morgan fingerprint density at radius 1 is 1.03 bits per heavy atom. The van der Waals surface area contributed by atoms with Gasteiger partial charge >= 0.3 is 0 Å². The van der Waals surface area contributed by atoms with Gasteiger partial charge in [-0.3, -0.25) is 9.52 Å². The van der Waals surface area contributed by atoms with E-state index in [0.29, 0.717) is 17.2 Å². The number of amides is 1. The Morgan fingerprint density at radius 2 is 1.76 bits per heavy atom. The SMILES string of the molecule is COCC(=O)N(Cc1ccco1)Cc1cc(NS(=O)(=O)c2ccc(OC)cc2)ccc1N(C)C. The van der Waals surface area contributed by atoms with Crippen LogP contribution in [0.15, 0.2) is 70.2 Å². The Balaban J connectivity index is 1.90. The maximum atomic E-state index is 12.9. The minimum Gasteiger partial charge on any atom is -0.497 e. The smallest absolute Gasteiger partial charge is 0.261 e. The van der Waals surface area contributed by atoms with Crippen molar-refractivity contribution < 1.29 is 27.1 Å². The summed E-state index contributed by atoms with van der Waals surface area (Å²) in [5, 5.41) is 0. The molecule has 1 aromatic heterocycles. The summed E-state index contributed by atoms with van der Waals surface area (Å²) in [5.41, 5.74) is 1.99. The molecule has 1 N–H and O–H groups in total. The number of hydrogen-bond donors (Lipinski definition) is 1. The van der Waals surface area contributed by atoms with Crippen molar-refractivity contribution in [1.29, 1.82) is 0 Å². The van der Waals surface area contributed by atoms with Crippen LogP contribution in [-0.4, -0.2) is 54.1 Å². The zero-order chi connectivity index (χ0) is 24.7. The quantitative estimate of drug-likeness (QED) is 0.443. The normalized spacial score (nSPS) is 11.2. The summed E-state index contributed by atoms with van der Waals surface area (Å²) in [5.74, 6) is 0.981. The first-order valence-electron chi connectivity index (χ1n) is 10.5. The number of furan rings is 1. The van der Waals surface area contributed by atoms with Crippen LogP contribution in [0, 0.1) is 0 Å². The average Bonchev–Trinajstić information content (AvgIpc) is 3.32. The van der Waals surface area contributed by atoms with E-state index in [1.165, 1.54) is 26.4 Å². The fourth-order valence-corrected chi connectivity index (χ4v) is 4.47. The Bertz CT molecular complexity index is 1190. The van der Waals surface area contributed by atoms with Gasteiger partial charge in [0.25, 0.3) is 10.0 Å². The molecule has 2 aromatic carbocycles. The molecule has 1 amide bonds. The topological polar surface area (TPSA) is 101 Å². The molecule has 9 nitrogen and oxygen atoms in total. The summed E-state index contributed by atoms with van der Waals surface area (Å²) in [4.78, 5) is 16.4. The van der Waals surface area contributed by atoms with Gasteiger partial charge in [0.2, 0.25) is 5.91 Å². The predicted molar refractivity (Wildman–Crippen MR) is 129 cm³/mol. The fourth-order valence-electron chi connectivity index (χ4n) is 3.42. The molecule has 10 heteroatoms. The zero-order valence-corrected chi connectivity index (χ0v) is 20.5. The highest BCUT2D eigenvalue weighted by molar-refractivity contribution is 7.92. The van der Waals surface area contributed by atoms with Crippen molar-refractivity contribution in [1.82, 2.24) is 4.90 Å². The second kappa shape index (κ2) is 11.1. The molecule has 0 fully saturated rings. The van der Waals surface area contributed by atoms with Crippen LogP contribution in [0.1, 0.15) is 11.3 Å². The molecule has 3 aromatic rings. The van der Waals surface area contributed by atoms with Crippen molar-refractivity contribution in [3.8, 4) is 5.75 Å². The lowest BCUT2D eigenvalue weighted by molar-refractivity contribution is -0.136. The van der Waals surface area contributed by atoms with Gasteiger partial charge in [-0.1, -0.05) is 0 Å². The predicted octanol–water partition coefficient (Wildman–Crippen LogP) is 3.33. The summed E-state index contributed by atoms with van der Waals surface area (Å²) in [6.07, 6.45) is 1.55. The number of benzene rings is 2. The second-order valence-electron chi connectivity index (χ2n) is 7.78. The highest BCUT2D eigenvalue weighted by Crippen LogP contribution is 2.27. The van der Waals surface area contributed by atoms with Gasteiger partial charge in [0.15, 0.2) is 0 Å². The van der Waals surface area contributed by atoms with Crippen molar-refractivity contribution in [2.24, 2.45) is 0 Å². The molecule has 34 heavy (non-hydrogen) atoms. The summed E-state index contributed by atoms with van der Waals surface area (Å²) < 4.78 is 44.0. The first-order valence-corrected chi connectivity index (χ1v) is 12.0. The molecular weight excluding hydrogens is 458 g/mol. The van der Waals surface area contributed by atoms with Crippen molar-refractivity contribution >= 4 is 27.3 Å². The van der Waals surface area contributed by atoms with Gasteiger partial charge in [0, 0.05) is 39.1 Å². The largest absolute Gasteiger partial charge is 0.497 e. The van der Waals surface area contributed by atoms with Crippen molar-refractivity contribution in [2.45, 2.75) is 18.0 Å². The molecule has 0 aliphatic rings. The van der Waals surface area contributed by atoms with Crippen LogP contribution in [0.2, 0.25) is 0 Å². The fraction of sp³-hybridized carbons (Fsp3) is 0.292. The molecule has 182 valence electrons. The lowest BCUT2D eigenvalue weighted by Crippen LogP contribution is -2.33. The minimum absolute atomic E-state index is 0.0816. The number of rotatable bonds is 11. The van der Waals surface area contributed by atoms with E-state index >= 15 is 0 Å². The number of hydrogen-bond acceptors (Lipinski definition) is 7. The van der Waals surface area contributed by atoms with Crippen LogP contribution in [0.4, 0.5) is 11.4 Å². The molecule has 0 atom stereocenters. The lowest BCUT2D eigenvalue weighted by atomic mass is 10.1. The Labute approximate surface area is 199 Å². The maximum Gasteiger partial charge on any atom is 0.261 e.